The van der Waals surface area contributed by atoms with Gasteiger partial charge in [0, 0.05) is 31.3 Å². The highest BCUT2D eigenvalue weighted by atomic mass is 35.5. The SMILES string of the molecule is COCC1(C(=O)N2CCc3nc(Cl)nc(N[C@H](C)c4cc(C)cc(N)c4)c3C2)CCC1. The number of aromatic nitrogens is 2. The Morgan fingerprint density at radius 2 is 2.13 bits per heavy atom. The molecule has 1 aliphatic carbocycles. The van der Waals surface area contributed by atoms with Crippen molar-refractivity contribution in [2.45, 2.75) is 52.1 Å². The van der Waals surface area contributed by atoms with Gasteiger partial charge in [0.15, 0.2) is 0 Å². The van der Waals surface area contributed by atoms with Gasteiger partial charge in [0.25, 0.3) is 0 Å². The maximum Gasteiger partial charge on any atom is 0.231 e. The van der Waals surface area contributed by atoms with Gasteiger partial charge in [-0.05, 0) is 61.5 Å². The average molecular weight is 444 g/mol. The van der Waals surface area contributed by atoms with E-state index in [1.165, 1.54) is 0 Å². The third-order valence-electron chi connectivity index (χ3n) is 6.48. The number of aryl methyl sites for hydroxylation is 1. The summed E-state index contributed by atoms with van der Waals surface area (Å²) in [6.07, 6.45) is 3.50. The second-order valence-corrected chi connectivity index (χ2v) is 9.19. The van der Waals surface area contributed by atoms with Crippen molar-refractivity contribution in [1.82, 2.24) is 14.9 Å². The molecule has 0 bridgehead atoms. The van der Waals surface area contributed by atoms with Crippen molar-refractivity contribution in [3.8, 4) is 0 Å². The van der Waals surface area contributed by atoms with E-state index in [-0.39, 0.29) is 22.6 Å². The monoisotopic (exact) mass is 443 g/mol. The number of benzene rings is 1. The first-order valence-electron chi connectivity index (χ1n) is 10.8. The lowest BCUT2D eigenvalue weighted by atomic mass is 9.68. The number of carbonyl (C=O) groups excluding carboxylic acids is 1. The number of methoxy groups -OCH3 is 1. The average Bonchev–Trinajstić information content (AvgIpc) is 2.69. The van der Waals surface area contributed by atoms with Crippen molar-refractivity contribution >= 4 is 29.0 Å². The summed E-state index contributed by atoms with van der Waals surface area (Å²) in [5.41, 5.74) is 10.4. The maximum absolute atomic E-state index is 13.3. The summed E-state index contributed by atoms with van der Waals surface area (Å²) in [5.74, 6) is 0.848. The van der Waals surface area contributed by atoms with Crippen LogP contribution in [-0.2, 0) is 22.5 Å². The van der Waals surface area contributed by atoms with Gasteiger partial charge >= 0.3 is 0 Å². The molecule has 8 heteroatoms. The number of hydrogen-bond acceptors (Lipinski definition) is 6. The number of halogens is 1. The van der Waals surface area contributed by atoms with Crippen molar-refractivity contribution < 1.29 is 9.53 Å². The zero-order valence-electron chi connectivity index (χ0n) is 18.4. The highest BCUT2D eigenvalue weighted by Gasteiger charge is 2.47. The van der Waals surface area contributed by atoms with E-state index < -0.39 is 0 Å². The van der Waals surface area contributed by atoms with Crippen LogP contribution in [0, 0.1) is 12.3 Å². The van der Waals surface area contributed by atoms with Crippen LogP contribution in [-0.4, -0.2) is 41.0 Å². The van der Waals surface area contributed by atoms with Gasteiger partial charge in [-0.1, -0.05) is 12.5 Å². The number of nitrogens with two attached hydrogens (primary N) is 1. The number of nitrogens with one attached hydrogen (secondary N) is 1. The summed E-state index contributed by atoms with van der Waals surface area (Å²) in [7, 11) is 1.66. The van der Waals surface area contributed by atoms with E-state index in [0.717, 1.165) is 47.3 Å². The summed E-state index contributed by atoms with van der Waals surface area (Å²) < 4.78 is 5.38. The van der Waals surface area contributed by atoms with Gasteiger partial charge < -0.3 is 20.7 Å². The fourth-order valence-corrected chi connectivity index (χ4v) is 4.88. The van der Waals surface area contributed by atoms with Crippen LogP contribution < -0.4 is 11.1 Å². The normalized spacial score (nSPS) is 18.1. The Bertz CT molecular complexity index is 972. The van der Waals surface area contributed by atoms with Gasteiger partial charge in [-0.2, -0.15) is 0 Å². The van der Waals surface area contributed by atoms with Crippen molar-refractivity contribution in [3.05, 3.63) is 45.9 Å². The molecule has 1 fully saturated rings. The first-order chi connectivity index (χ1) is 14.8. The van der Waals surface area contributed by atoms with Crippen molar-refractivity contribution in [3.63, 3.8) is 0 Å². The minimum atomic E-state index is -0.375. The van der Waals surface area contributed by atoms with Gasteiger partial charge in [-0.15, -0.1) is 0 Å². The van der Waals surface area contributed by atoms with Crippen LogP contribution in [0.2, 0.25) is 5.28 Å². The second-order valence-electron chi connectivity index (χ2n) is 8.85. The molecule has 2 heterocycles. The highest BCUT2D eigenvalue weighted by Crippen LogP contribution is 2.43. The number of amides is 1. The lowest BCUT2D eigenvalue weighted by Crippen LogP contribution is -2.51. The zero-order valence-corrected chi connectivity index (χ0v) is 19.1. The molecule has 1 amide bonds. The molecule has 0 saturated heterocycles. The fraction of sp³-hybridized carbons (Fsp3) is 0.522. The van der Waals surface area contributed by atoms with E-state index in [1.807, 2.05) is 24.0 Å². The lowest BCUT2D eigenvalue weighted by Gasteiger charge is -2.44. The zero-order chi connectivity index (χ0) is 22.2. The molecule has 0 radical (unpaired) electrons. The Balaban J connectivity index is 1.59. The standard InChI is InChI=1S/C23H30ClN5O2/c1-14-9-16(11-17(25)10-14)15(2)26-20-18-12-29(8-5-19(18)27-22(24)28-20)21(30)23(13-31-3)6-4-7-23/h9-11,15H,4-8,12-13,25H2,1-3H3,(H,26,27,28)/t15-/m1/s1. The Labute approximate surface area is 188 Å². The molecule has 1 saturated carbocycles. The number of carbonyl (C=O) groups is 1. The summed E-state index contributed by atoms with van der Waals surface area (Å²) >= 11 is 6.23. The predicted octanol–water partition coefficient (Wildman–Crippen LogP) is 3.90. The van der Waals surface area contributed by atoms with Crippen LogP contribution in [0.4, 0.5) is 11.5 Å². The Kier molecular flexibility index (Phi) is 6.08. The number of nitrogen functional groups attached to an aromatic ring is 1. The molecular formula is C23H30ClN5O2. The Hall–Kier alpha value is -2.38. The first kappa shape index (κ1) is 21.8. The first-order valence-corrected chi connectivity index (χ1v) is 11.2. The van der Waals surface area contributed by atoms with Crippen molar-refractivity contribution in [2.75, 3.05) is 31.3 Å². The molecule has 4 rings (SSSR count). The molecule has 31 heavy (non-hydrogen) atoms. The molecule has 1 aromatic heterocycles. The van der Waals surface area contributed by atoms with Crippen molar-refractivity contribution in [2.24, 2.45) is 5.41 Å². The molecule has 1 atom stereocenters. The molecule has 7 nitrogen and oxygen atoms in total. The molecule has 1 aliphatic heterocycles. The highest BCUT2D eigenvalue weighted by molar-refractivity contribution is 6.28. The molecule has 166 valence electrons. The molecule has 1 aromatic carbocycles. The van der Waals surface area contributed by atoms with Gasteiger partial charge in [0.2, 0.25) is 11.2 Å². The van der Waals surface area contributed by atoms with Crippen LogP contribution in [0.3, 0.4) is 0 Å². The summed E-state index contributed by atoms with van der Waals surface area (Å²) in [6.45, 7) is 5.67. The smallest absolute Gasteiger partial charge is 0.231 e. The van der Waals surface area contributed by atoms with E-state index in [2.05, 4.69) is 28.3 Å². The van der Waals surface area contributed by atoms with E-state index in [1.54, 1.807) is 7.11 Å². The molecule has 2 aromatic rings. The quantitative estimate of drug-likeness (QED) is 0.519. The Morgan fingerprint density at radius 1 is 1.35 bits per heavy atom. The molecule has 2 aliphatic rings. The Morgan fingerprint density at radius 3 is 2.77 bits per heavy atom. The molecule has 3 N–H and O–H groups in total. The fourth-order valence-electron chi connectivity index (χ4n) is 4.69. The van der Waals surface area contributed by atoms with E-state index >= 15 is 0 Å². The van der Waals surface area contributed by atoms with E-state index in [4.69, 9.17) is 22.1 Å². The van der Waals surface area contributed by atoms with Crippen molar-refractivity contribution in [1.29, 1.82) is 0 Å². The number of anilines is 2. The van der Waals surface area contributed by atoms with Gasteiger partial charge in [-0.25, -0.2) is 9.97 Å². The number of hydrogen-bond donors (Lipinski definition) is 2. The summed E-state index contributed by atoms with van der Waals surface area (Å²) in [4.78, 5) is 24.2. The van der Waals surface area contributed by atoms with E-state index in [9.17, 15) is 4.79 Å². The van der Waals surface area contributed by atoms with Crippen LogP contribution in [0.15, 0.2) is 18.2 Å². The topological polar surface area (TPSA) is 93.4 Å². The third-order valence-corrected chi connectivity index (χ3v) is 6.65. The van der Waals surface area contributed by atoms with Gasteiger partial charge in [0.05, 0.1) is 30.3 Å². The minimum Gasteiger partial charge on any atom is -0.399 e. The van der Waals surface area contributed by atoms with Crippen LogP contribution in [0.25, 0.3) is 0 Å². The summed E-state index contributed by atoms with van der Waals surface area (Å²) in [6, 6.07) is 5.97. The predicted molar refractivity (Wildman–Crippen MR) is 122 cm³/mol. The summed E-state index contributed by atoms with van der Waals surface area (Å²) in [5, 5.41) is 3.69. The molecular weight excluding hydrogens is 414 g/mol. The van der Waals surface area contributed by atoms with E-state index in [0.29, 0.717) is 31.9 Å². The van der Waals surface area contributed by atoms with Crippen LogP contribution in [0.1, 0.15) is 54.6 Å². The molecule has 0 unspecified atom stereocenters. The number of fused-ring (bicyclic) bond motifs is 1. The number of rotatable bonds is 6. The maximum atomic E-state index is 13.3. The largest absolute Gasteiger partial charge is 0.399 e. The van der Waals surface area contributed by atoms with Crippen LogP contribution in [0.5, 0.6) is 0 Å². The molecule has 0 spiro atoms. The van der Waals surface area contributed by atoms with Gasteiger partial charge in [-0.3, -0.25) is 4.79 Å². The third kappa shape index (κ3) is 4.34. The number of nitrogens with zero attached hydrogens (tertiary/aromatic N) is 3. The van der Waals surface area contributed by atoms with Gasteiger partial charge in [0.1, 0.15) is 5.82 Å². The second kappa shape index (κ2) is 8.63. The minimum absolute atomic E-state index is 0.0326. The number of ether oxygens (including phenoxy) is 1. The van der Waals surface area contributed by atoms with Crippen LogP contribution >= 0.6 is 11.6 Å². The lowest BCUT2D eigenvalue weighted by molar-refractivity contribution is -0.153.